The summed E-state index contributed by atoms with van der Waals surface area (Å²) in [5.74, 6) is -3.05. The summed E-state index contributed by atoms with van der Waals surface area (Å²) in [6.45, 7) is -0.462. The molecule has 21 heavy (non-hydrogen) atoms. The van der Waals surface area contributed by atoms with Gasteiger partial charge in [-0.15, -0.1) is 0 Å². The standard InChI is InChI=1S/C13H14FNO6/c1-20-12(17)6-10(13(18)19)15-11(16)7-21-9-4-2-8(14)3-5-9/h2-5,10H,6-7H2,1H3,(H,15,16)(H,18,19)/t10-/m0/s1. The first kappa shape index (κ1) is 16.4. The molecule has 0 radical (unpaired) electrons. The molecule has 0 aliphatic heterocycles. The van der Waals surface area contributed by atoms with Gasteiger partial charge in [-0.2, -0.15) is 0 Å². The molecule has 0 bridgehead atoms. The molecular formula is C13H14FNO6. The van der Waals surface area contributed by atoms with E-state index in [1.807, 2.05) is 0 Å². The Morgan fingerprint density at radius 2 is 1.90 bits per heavy atom. The van der Waals surface area contributed by atoms with Crippen molar-refractivity contribution in [2.24, 2.45) is 0 Å². The number of benzene rings is 1. The number of hydrogen-bond donors (Lipinski definition) is 2. The SMILES string of the molecule is COC(=O)C[C@H](NC(=O)COc1ccc(F)cc1)C(=O)O. The van der Waals surface area contributed by atoms with E-state index in [-0.39, 0.29) is 5.75 Å². The molecule has 0 spiro atoms. The van der Waals surface area contributed by atoms with Crippen LogP contribution in [-0.4, -0.2) is 42.7 Å². The summed E-state index contributed by atoms with van der Waals surface area (Å²) in [5.41, 5.74) is 0. The van der Waals surface area contributed by atoms with Crippen LogP contribution in [0.5, 0.6) is 5.75 Å². The lowest BCUT2D eigenvalue weighted by molar-refractivity contribution is -0.148. The first-order valence-corrected chi connectivity index (χ1v) is 5.89. The minimum absolute atomic E-state index is 0.256. The van der Waals surface area contributed by atoms with Crippen LogP contribution in [0.25, 0.3) is 0 Å². The van der Waals surface area contributed by atoms with Gasteiger partial charge >= 0.3 is 11.9 Å². The van der Waals surface area contributed by atoms with E-state index in [0.29, 0.717) is 0 Å². The molecule has 0 unspecified atom stereocenters. The molecule has 1 rings (SSSR count). The highest BCUT2D eigenvalue weighted by atomic mass is 19.1. The van der Waals surface area contributed by atoms with E-state index < -0.39 is 42.7 Å². The number of hydrogen-bond acceptors (Lipinski definition) is 5. The van der Waals surface area contributed by atoms with Gasteiger partial charge in [-0.05, 0) is 24.3 Å². The number of carboxylic acids is 1. The monoisotopic (exact) mass is 299 g/mol. The summed E-state index contributed by atoms with van der Waals surface area (Å²) in [6, 6.07) is 3.56. The van der Waals surface area contributed by atoms with Crippen molar-refractivity contribution in [3.8, 4) is 5.75 Å². The van der Waals surface area contributed by atoms with E-state index in [1.54, 1.807) is 0 Å². The summed E-state index contributed by atoms with van der Waals surface area (Å²) in [6.07, 6.45) is -0.492. The van der Waals surface area contributed by atoms with Crippen molar-refractivity contribution in [3.05, 3.63) is 30.1 Å². The van der Waals surface area contributed by atoms with Gasteiger partial charge in [0.05, 0.1) is 13.5 Å². The maximum atomic E-state index is 12.7. The van der Waals surface area contributed by atoms with Gasteiger partial charge in [0, 0.05) is 0 Å². The zero-order valence-electron chi connectivity index (χ0n) is 11.2. The second-order valence-corrected chi connectivity index (χ2v) is 3.98. The second-order valence-electron chi connectivity index (χ2n) is 3.98. The van der Waals surface area contributed by atoms with Gasteiger partial charge in [0.15, 0.2) is 6.61 Å². The Morgan fingerprint density at radius 3 is 2.43 bits per heavy atom. The number of ether oxygens (including phenoxy) is 2. The Balaban J connectivity index is 2.48. The van der Waals surface area contributed by atoms with Gasteiger partial charge in [-0.1, -0.05) is 0 Å². The lowest BCUT2D eigenvalue weighted by Crippen LogP contribution is -2.44. The Labute approximate surface area is 119 Å². The third kappa shape index (κ3) is 5.89. The van der Waals surface area contributed by atoms with Gasteiger partial charge in [0.2, 0.25) is 0 Å². The number of halogens is 1. The number of carbonyl (C=O) groups excluding carboxylic acids is 2. The molecule has 0 aliphatic rings. The van der Waals surface area contributed by atoms with Gasteiger partial charge in [-0.25, -0.2) is 9.18 Å². The molecular weight excluding hydrogens is 285 g/mol. The smallest absolute Gasteiger partial charge is 0.326 e. The Bertz CT molecular complexity index is 516. The van der Waals surface area contributed by atoms with Crippen molar-refractivity contribution in [1.82, 2.24) is 5.32 Å². The fraction of sp³-hybridized carbons (Fsp3) is 0.308. The normalized spacial score (nSPS) is 11.3. The average Bonchev–Trinajstić information content (AvgIpc) is 2.45. The maximum Gasteiger partial charge on any atom is 0.326 e. The van der Waals surface area contributed by atoms with Gasteiger partial charge < -0.3 is 19.9 Å². The van der Waals surface area contributed by atoms with Crippen LogP contribution < -0.4 is 10.1 Å². The number of esters is 1. The summed E-state index contributed by atoms with van der Waals surface area (Å²) in [7, 11) is 1.11. The number of nitrogens with one attached hydrogen (secondary N) is 1. The molecule has 7 nitrogen and oxygen atoms in total. The molecule has 1 aromatic rings. The average molecular weight is 299 g/mol. The fourth-order valence-electron chi connectivity index (χ4n) is 1.37. The van der Waals surface area contributed by atoms with Gasteiger partial charge in [0.25, 0.3) is 5.91 Å². The first-order chi connectivity index (χ1) is 9.92. The molecule has 0 saturated carbocycles. The van der Waals surface area contributed by atoms with E-state index >= 15 is 0 Å². The highest BCUT2D eigenvalue weighted by Crippen LogP contribution is 2.10. The van der Waals surface area contributed by atoms with Crippen LogP contribution in [0.2, 0.25) is 0 Å². The number of amides is 1. The van der Waals surface area contributed by atoms with Crippen LogP contribution in [0.4, 0.5) is 4.39 Å². The first-order valence-electron chi connectivity index (χ1n) is 5.89. The molecule has 0 fully saturated rings. The van der Waals surface area contributed by atoms with Gasteiger partial charge in [-0.3, -0.25) is 9.59 Å². The summed E-state index contributed by atoms with van der Waals surface area (Å²) >= 11 is 0. The number of carboxylic acid groups (broad SMARTS) is 1. The highest BCUT2D eigenvalue weighted by molar-refractivity contribution is 5.87. The Kier molecular flexibility index (Phi) is 6.12. The minimum atomic E-state index is -1.40. The van der Waals surface area contributed by atoms with Crippen molar-refractivity contribution < 1.29 is 33.4 Å². The minimum Gasteiger partial charge on any atom is -0.484 e. The summed E-state index contributed by atoms with van der Waals surface area (Å²) in [4.78, 5) is 33.5. The lowest BCUT2D eigenvalue weighted by atomic mass is 10.2. The lowest BCUT2D eigenvalue weighted by Gasteiger charge is -2.13. The second kappa shape index (κ2) is 7.83. The van der Waals surface area contributed by atoms with E-state index in [1.165, 1.54) is 12.1 Å². The molecule has 0 heterocycles. The maximum absolute atomic E-state index is 12.7. The highest BCUT2D eigenvalue weighted by Gasteiger charge is 2.23. The molecule has 0 aromatic heterocycles. The number of rotatable bonds is 7. The predicted octanol–water partition coefficient (Wildman–Crippen LogP) is 0.337. The van der Waals surface area contributed by atoms with Crippen LogP contribution in [0.15, 0.2) is 24.3 Å². The summed E-state index contributed by atoms with van der Waals surface area (Å²) in [5, 5.41) is 11.0. The van der Waals surface area contributed by atoms with E-state index in [4.69, 9.17) is 9.84 Å². The Morgan fingerprint density at radius 1 is 1.29 bits per heavy atom. The van der Waals surface area contributed by atoms with Crippen molar-refractivity contribution in [3.63, 3.8) is 0 Å². The van der Waals surface area contributed by atoms with Crippen LogP contribution in [0, 0.1) is 5.82 Å². The predicted molar refractivity (Wildman–Crippen MR) is 68.1 cm³/mol. The topological polar surface area (TPSA) is 102 Å². The molecule has 1 aromatic carbocycles. The van der Waals surface area contributed by atoms with Crippen LogP contribution in [0.1, 0.15) is 6.42 Å². The number of aliphatic carboxylic acids is 1. The van der Waals surface area contributed by atoms with E-state index in [9.17, 15) is 18.8 Å². The third-order valence-corrected chi connectivity index (χ3v) is 2.42. The van der Waals surface area contributed by atoms with Crippen LogP contribution >= 0.6 is 0 Å². The molecule has 114 valence electrons. The van der Waals surface area contributed by atoms with Crippen molar-refractivity contribution >= 4 is 17.8 Å². The molecule has 2 N–H and O–H groups in total. The van der Waals surface area contributed by atoms with Gasteiger partial charge in [0.1, 0.15) is 17.6 Å². The molecule has 0 saturated heterocycles. The molecule has 1 atom stereocenters. The van der Waals surface area contributed by atoms with Crippen molar-refractivity contribution in [1.29, 1.82) is 0 Å². The van der Waals surface area contributed by atoms with Crippen molar-refractivity contribution in [2.75, 3.05) is 13.7 Å². The third-order valence-electron chi connectivity index (χ3n) is 2.42. The molecule has 0 aliphatic carbocycles. The molecule has 8 heteroatoms. The van der Waals surface area contributed by atoms with Crippen molar-refractivity contribution in [2.45, 2.75) is 12.5 Å². The number of methoxy groups -OCH3 is 1. The quantitative estimate of drug-likeness (QED) is 0.704. The van der Waals surface area contributed by atoms with E-state index in [0.717, 1.165) is 19.2 Å². The van der Waals surface area contributed by atoms with Crippen LogP contribution in [-0.2, 0) is 19.1 Å². The van der Waals surface area contributed by atoms with Crippen LogP contribution in [0.3, 0.4) is 0 Å². The van der Waals surface area contributed by atoms with E-state index in [2.05, 4.69) is 10.1 Å². The fourth-order valence-corrected chi connectivity index (χ4v) is 1.37. The Hall–Kier alpha value is -2.64. The largest absolute Gasteiger partial charge is 0.484 e. The summed E-state index contributed by atoms with van der Waals surface area (Å²) < 4.78 is 22.0. The molecule has 1 amide bonds. The zero-order valence-corrected chi connectivity index (χ0v) is 11.2. The zero-order chi connectivity index (χ0) is 15.8. The number of carbonyl (C=O) groups is 3.